The summed E-state index contributed by atoms with van der Waals surface area (Å²) in [5.41, 5.74) is -0.564. The fourth-order valence-electron chi connectivity index (χ4n) is 3.50. The van der Waals surface area contributed by atoms with Gasteiger partial charge in [-0.1, -0.05) is 0 Å². The maximum absolute atomic E-state index is 13.2. The quantitative estimate of drug-likeness (QED) is 0.766. The lowest BCUT2D eigenvalue weighted by Gasteiger charge is -2.19. The molecule has 2 aliphatic heterocycles. The molecule has 0 saturated carbocycles. The average molecular weight is 372 g/mol. The highest BCUT2D eigenvalue weighted by atomic mass is 19.4. The van der Waals surface area contributed by atoms with Gasteiger partial charge in [-0.25, -0.2) is 9.97 Å². The Morgan fingerprint density at radius 2 is 2.00 bits per heavy atom. The molecule has 9 heteroatoms. The van der Waals surface area contributed by atoms with Crippen LogP contribution in [0.5, 0.6) is 0 Å². The lowest BCUT2D eigenvalue weighted by molar-refractivity contribution is -0.141. The summed E-state index contributed by atoms with van der Waals surface area (Å²) in [4.78, 5) is 23.6. The van der Waals surface area contributed by atoms with Crippen LogP contribution in [0.4, 0.5) is 19.1 Å². The number of hydrogen-bond acceptors (Lipinski definition) is 5. The maximum atomic E-state index is 13.2. The summed E-state index contributed by atoms with van der Waals surface area (Å²) < 4.78 is 44.7. The van der Waals surface area contributed by atoms with Crippen molar-refractivity contribution < 1.29 is 22.7 Å². The second-order valence-corrected chi connectivity index (χ2v) is 6.84. The van der Waals surface area contributed by atoms with Gasteiger partial charge in [0.15, 0.2) is 0 Å². The van der Waals surface area contributed by atoms with Crippen molar-refractivity contribution in [3.8, 4) is 0 Å². The molecule has 0 N–H and O–H groups in total. The summed E-state index contributed by atoms with van der Waals surface area (Å²) in [7, 11) is 1.57. The van der Waals surface area contributed by atoms with E-state index in [-0.39, 0.29) is 17.8 Å². The van der Waals surface area contributed by atoms with E-state index < -0.39 is 11.9 Å². The number of carbonyl (C=O) groups excluding carboxylic acids is 1. The summed E-state index contributed by atoms with van der Waals surface area (Å²) in [6, 6.07) is 1.02. The number of hydrogen-bond donors (Lipinski definition) is 0. The van der Waals surface area contributed by atoms with Gasteiger partial charge in [0.1, 0.15) is 5.69 Å². The molecule has 3 rings (SSSR count). The first-order chi connectivity index (χ1) is 12.4. The van der Waals surface area contributed by atoms with Gasteiger partial charge in [0, 0.05) is 45.4 Å². The molecule has 0 aromatic carbocycles. The Labute approximate surface area is 150 Å². The monoisotopic (exact) mass is 372 g/mol. The maximum Gasteiger partial charge on any atom is 0.433 e. The number of likely N-dealkylation sites (tertiary alicyclic amines) is 1. The Morgan fingerprint density at radius 3 is 2.65 bits per heavy atom. The smallest absolute Gasteiger partial charge is 0.383 e. The minimum atomic E-state index is -4.51. The predicted octanol–water partition coefficient (Wildman–Crippen LogP) is 2.13. The number of rotatable bonds is 6. The topological polar surface area (TPSA) is 58.6 Å². The van der Waals surface area contributed by atoms with Crippen LogP contribution in [0.1, 0.15) is 30.7 Å². The highest BCUT2D eigenvalue weighted by Crippen LogP contribution is 2.31. The Bertz CT molecular complexity index is 647. The van der Waals surface area contributed by atoms with Crippen molar-refractivity contribution in [2.24, 2.45) is 5.92 Å². The Hall–Kier alpha value is -1.90. The SMILES string of the molecule is COCCN1C[C@@H](Cc2cc(C(F)(F)F)nc(N3CCCC3)n2)CC1=O. The zero-order chi connectivity index (χ0) is 18.7. The fraction of sp³-hybridized carbons (Fsp3) is 0.706. The van der Waals surface area contributed by atoms with Crippen LogP contribution in [-0.4, -0.2) is 60.7 Å². The van der Waals surface area contributed by atoms with Crippen LogP contribution in [0, 0.1) is 5.92 Å². The molecule has 1 aromatic heterocycles. The van der Waals surface area contributed by atoms with Crippen LogP contribution in [-0.2, 0) is 22.1 Å². The van der Waals surface area contributed by atoms with E-state index in [9.17, 15) is 18.0 Å². The lowest BCUT2D eigenvalue weighted by Crippen LogP contribution is -2.29. The zero-order valence-electron chi connectivity index (χ0n) is 14.8. The van der Waals surface area contributed by atoms with Gasteiger partial charge >= 0.3 is 6.18 Å². The van der Waals surface area contributed by atoms with Gasteiger partial charge in [0.25, 0.3) is 0 Å². The first-order valence-corrected chi connectivity index (χ1v) is 8.83. The van der Waals surface area contributed by atoms with Crippen molar-refractivity contribution in [3.05, 3.63) is 17.5 Å². The molecule has 1 amide bonds. The molecule has 6 nitrogen and oxygen atoms in total. The molecule has 3 heterocycles. The molecule has 2 saturated heterocycles. The first kappa shape index (κ1) is 18.9. The number of carbonyl (C=O) groups is 1. The Kier molecular flexibility index (Phi) is 5.64. The minimum Gasteiger partial charge on any atom is -0.383 e. The number of anilines is 1. The molecule has 0 spiro atoms. The number of aromatic nitrogens is 2. The lowest BCUT2D eigenvalue weighted by atomic mass is 10.0. The molecule has 0 aliphatic carbocycles. The summed E-state index contributed by atoms with van der Waals surface area (Å²) in [6.45, 7) is 2.82. The molecular weight excluding hydrogens is 349 g/mol. The second kappa shape index (κ2) is 7.77. The van der Waals surface area contributed by atoms with Crippen molar-refractivity contribution in [2.45, 2.75) is 31.9 Å². The van der Waals surface area contributed by atoms with Crippen LogP contribution in [0.25, 0.3) is 0 Å². The van der Waals surface area contributed by atoms with E-state index in [1.807, 2.05) is 0 Å². The number of halogens is 3. The molecule has 26 heavy (non-hydrogen) atoms. The number of nitrogens with zero attached hydrogens (tertiary/aromatic N) is 4. The van der Waals surface area contributed by atoms with E-state index in [1.54, 1.807) is 16.9 Å². The van der Waals surface area contributed by atoms with Crippen LogP contribution >= 0.6 is 0 Å². The Balaban J connectivity index is 1.76. The number of methoxy groups -OCH3 is 1. The van der Waals surface area contributed by atoms with Gasteiger partial charge in [-0.05, 0) is 31.2 Å². The minimum absolute atomic E-state index is 0.0110. The van der Waals surface area contributed by atoms with E-state index in [0.717, 1.165) is 18.9 Å². The molecule has 0 bridgehead atoms. The number of amides is 1. The third kappa shape index (κ3) is 4.44. The van der Waals surface area contributed by atoms with Crippen molar-refractivity contribution >= 4 is 11.9 Å². The largest absolute Gasteiger partial charge is 0.433 e. The molecule has 144 valence electrons. The molecule has 1 atom stereocenters. The van der Waals surface area contributed by atoms with Crippen molar-refractivity contribution in [3.63, 3.8) is 0 Å². The standard InChI is InChI=1S/C17H23F3N4O2/c1-26-7-6-24-11-12(9-15(24)25)8-13-10-14(17(18,19)20)22-16(21-13)23-4-2-3-5-23/h10,12H,2-9,11H2,1H3/t12-/m0/s1. The summed E-state index contributed by atoms with van der Waals surface area (Å²) in [5.74, 6) is 0.117. The fourth-order valence-corrected chi connectivity index (χ4v) is 3.50. The van der Waals surface area contributed by atoms with Gasteiger partial charge in [-0.15, -0.1) is 0 Å². The molecule has 2 fully saturated rings. The van der Waals surface area contributed by atoms with Crippen LogP contribution < -0.4 is 4.90 Å². The number of alkyl halides is 3. The molecule has 0 unspecified atom stereocenters. The molecule has 1 aromatic rings. The van der Waals surface area contributed by atoms with E-state index in [2.05, 4.69) is 9.97 Å². The van der Waals surface area contributed by atoms with Gasteiger partial charge < -0.3 is 14.5 Å². The number of ether oxygens (including phenoxy) is 1. The predicted molar refractivity (Wildman–Crippen MR) is 88.7 cm³/mol. The van der Waals surface area contributed by atoms with Gasteiger partial charge in [-0.3, -0.25) is 4.79 Å². The van der Waals surface area contributed by atoms with Crippen molar-refractivity contribution in [2.75, 3.05) is 44.8 Å². The van der Waals surface area contributed by atoms with Crippen LogP contribution in [0.3, 0.4) is 0 Å². The van der Waals surface area contributed by atoms with Crippen molar-refractivity contribution in [1.82, 2.24) is 14.9 Å². The van der Waals surface area contributed by atoms with Gasteiger partial charge in [0.05, 0.1) is 6.61 Å². The normalized spacial score (nSPS) is 21.1. The van der Waals surface area contributed by atoms with Gasteiger partial charge in [0.2, 0.25) is 11.9 Å². The third-order valence-corrected chi connectivity index (χ3v) is 4.80. The molecular formula is C17H23F3N4O2. The summed E-state index contributed by atoms with van der Waals surface area (Å²) >= 11 is 0. The third-order valence-electron chi connectivity index (χ3n) is 4.80. The van der Waals surface area contributed by atoms with Crippen LogP contribution in [0.15, 0.2) is 6.07 Å². The van der Waals surface area contributed by atoms with E-state index in [0.29, 0.717) is 51.3 Å². The summed E-state index contributed by atoms with van der Waals surface area (Å²) in [6.07, 6.45) is -1.99. The molecule has 2 aliphatic rings. The van der Waals surface area contributed by atoms with Gasteiger partial charge in [-0.2, -0.15) is 13.2 Å². The first-order valence-electron chi connectivity index (χ1n) is 8.83. The Morgan fingerprint density at radius 1 is 1.27 bits per heavy atom. The second-order valence-electron chi connectivity index (χ2n) is 6.84. The molecule has 0 radical (unpaired) electrons. The highest BCUT2D eigenvalue weighted by molar-refractivity contribution is 5.78. The van der Waals surface area contributed by atoms with E-state index >= 15 is 0 Å². The van der Waals surface area contributed by atoms with Crippen molar-refractivity contribution in [1.29, 1.82) is 0 Å². The highest BCUT2D eigenvalue weighted by Gasteiger charge is 2.35. The summed E-state index contributed by atoms with van der Waals surface area (Å²) in [5, 5.41) is 0. The average Bonchev–Trinajstić information content (AvgIpc) is 3.22. The van der Waals surface area contributed by atoms with E-state index in [4.69, 9.17) is 4.74 Å². The van der Waals surface area contributed by atoms with Crippen LogP contribution in [0.2, 0.25) is 0 Å². The zero-order valence-corrected chi connectivity index (χ0v) is 14.8. The van der Waals surface area contributed by atoms with E-state index in [1.165, 1.54) is 0 Å².